The van der Waals surface area contributed by atoms with Gasteiger partial charge in [-0.2, -0.15) is 0 Å². The molecule has 0 bridgehead atoms. The molecule has 2 rings (SSSR count). The lowest BCUT2D eigenvalue weighted by atomic mass is 9.83. The molecule has 0 heterocycles. The van der Waals surface area contributed by atoms with Crippen LogP contribution in [0.5, 0.6) is 0 Å². The molecular formula is C19H31N. The molecule has 0 amide bonds. The van der Waals surface area contributed by atoms with E-state index in [-0.39, 0.29) is 0 Å². The van der Waals surface area contributed by atoms with Gasteiger partial charge in [0.05, 0.1) is 0 Å². The predicted molar refractivity (Wildman–Crippen MR) is 87.8 cm³/mol. The molecule has 3 unspecified atom stereocenters. The Kier molecular flexibility index (Phi) is 6.09. The van der Waals surface area contributed by atoms with Crippen molar-refractivity contribution in [3.05, 3.63) is 35.9 Å². The third-order valence-electron chi connectivity index (χ3n) is 4.71. The van der Waals surface area contributed by atoms with Crippen LogP contribution in [0.25, 0.3) is 0 Å². The maximum Gasteiger partial charge on any atom is 0.0325 e. The smallest absolute Gasteiger partial charge is 0.0325 e. The van der Waals surface area contributed by atoms with Crippen LogP contribution in [0, 0.1) is 11.8 Å². The monoisotopic (exact) mass is 273 g/mol. The average Bonchev–Trinajstić information content (AvgIpc) is 2.47. The summed E-state index contributed by atoms with van der Waals surface area (Å²) in [6.07, 6.45) is 8.15. The Morgan fingerprint density at radius 1 is 1.15 bits per heavy atom. The van der Waals surface area contributed by atoms with Crippen molar-refractivity contribution in [2.75, 3.05) is 0 Å². The van der Waals surface area contributed by atoms with Crippen LogP contribution in [0.1, 0.15) is 70.9 Å². The molecule has 1 aromatic carbocycles. The van der Waals surface area contributed by atoms with E-state index in [2.05, 4.69) is 56.4 Å². The molecule has 1 aromatic rings. The highest BCUT2D eigenvalue weighted by Crippen LogP contribution is 2.30. The van der Waals surface area contributed by atoms with Crippen molar-refractivity contribution >= 4 is 0 Å². The summed E-state index contributed by atoms with van der Waals surface area (Å²) in [5, 5.41) is 3.97. The molecule has 3 atom stereocenters. The van der Waals surface area contributed by atoms with E-state index < -0.39 is 0 Å². The molecule has 1 N–H and O–H groups in total. The van der Waals surface area contributed by atoms with Gasteiger partial charge in [-0.3, -0.25) is 0 Å². The van der Waals surface area contributed by atoms with Crippen LogP contribution in [0.2, 0.25) is 0 Å². The molecule has 0 saturated heterocycles. The fraction of sp³-hybridized carbons (Fsp3) is 0.684. The van der Waals surface area contributed by atoms with E-state index in [1.165, 1.54) is 44.1 Å². The van der Waals surface area contributed by atoms with Crippen molar-refractivity contribution in [3.63, 3.8) is 0 Å². The molecule has 0 radical (unpaired) electrons. The summed E-state index contributed by atoms with van der Waals surface area (Å²) in [5.74, 6) is 1.68. The van der Waals surface area contributed by atoms with E-state index in [9.17, 15) is 0 Å². The van der Waals surface area contributed by atoms with Crippen LogP contribution in [0.15, 0.2) is 30.3 Å². The number of nitrogens with one attached hydrogen (secondary N) is 1. The van der Waals surface area contributed by atoms with Gasteiger partial charge in [0.15, 0.2) is 0 Å². The van der Waals surface area contributed by atoms with Crippen molar-refractivity contribution < 1.29 is 0 Å². The summed E-state index contributed by atoms with van der Waals surface area (Å²) in [7, 11) is 0. The quantitative estimate of drug-likeness (QED) is 0.738. The molecule has 0 aromatic heterocycles. The zero-order valence-electron chi connectivity index (χ0n) is 13.4. The first-order valence-corrected chi connectivity index (χ1v) is 8.50. The highest BCUT2D eigenvalue weighted by molar-refractivity contribution is 5.19. The van der Waals surface area contributed by atoms with E-state index in [1.807, 2.05) is 0 Å². The summed E-state index contributed by atoms with van der Waals surface area (Å²) >= 11 is 0. The van der Waals surface area contributed by atoms with Crippen molar-refractivity contribution in [1.82, 2.24) is 5.32 Å². The first-order valence-electron chi connectivity index (χ1n) is 8.50. The Bertz CT molecular complexity index is 371. The van der Waals surface area contributed by atoms with Gasteiger partial charge in [0.25, 0.3) is 0 Å². The zero-order valence-corrected chi connectivity index (χ0v) is 13.4. The van der Waals surface area contributed by atoms with E-state index in [0.29, 0.717) is 6.04 Å². The van der Waals surface area contributed by atoms with Crippen molar-refractivity contribution in [2.45, 2.75) is 71.4 Å². The van der Waals surface area contributed by atoms with Gasteiger partial charge in [-0.15, -0.1) is 0 Å². The number of benzene rings is 1. The second-order valence-electron chi connectivity index (χ2n) is 6.90. The summed E-state index contributed by atoms with van der Waals surface area (Å²) in [6.45, 7) is 7.00. The standard InChI is InChI=1S/C19H31N/c1-4-16-9-8-12-18(14-16)20-19(13-15(2)3)17-10-6-5-7-11-17/h5-7,10-11,15-16,18-20H,4,8-9,12-14H2,1-3H3. The number of hydrogen-bond acceptors (Lipinski definition) is 1. The molecule has 1 aliphatic rings. The van der Waals surface area contributed by atoms with Gasteiger partial charge in [-0.05, 0) is 36.7 Å². The Labute approximate surface area is 125 Å². The van der Waals surface area contributed by atoms with Crippen LogP contribution in [-0.4, -0.2) is 6.04 Å². The van der Waals surface area contributed by atoms with Crippen molar-refractivity contribution in [3.8, 4) is 0 Å². The molecule has 20 heavy (non-hydrogen) atoms. The van der Waals surface area contributed by atoms with E-state index in [1.54, 1.807) is 0 Å². The Hall–Kier alpha value is -0.820. The largest absolute Gasteiger partial charge is 0.307 e. The van der Waals surface area contributed by atoms with Crippen LogP contribution >= 0.6 is 0 Å². The first kappa shape index (κ1) is 15.6. The van der Waals surface area contributed by atoms with Gasteiger partial charge in [0, 0.05) is 12.1 Å². The van der Waals surface area contributed by atoms with Gasteiger partial charge in [-0.1, -0.05) is 70.4 Å². The van der Waals surface area contributed by atoms with Crippen LogP contribution in [0.3, 0.4) is 0 Å². The fourth-order valence-electron chi connectivity index (χ4n) is 3.55. The minimum atomic E-state index is 0.525. The lowest BCUT2D eigenvalue weighted by Crippen LogP contribution is -2.37. The van der Waals surface area contributed by atoms with Gasteiger partial charge >= 0.3 is 0 Å². The Balaban J connectivity index is 2.00. The second-order valence-corrected chi connectivity index (χ2v) is 6.90. The third-order valence-corrected chi connectivity index (χ3v) is 4.71. The highest BCUT2D eigenvalue weighted by Gasteiger charge is 2.24. The number of rotatable bonds is 6. The second kappa shape index (κ2) is 7.83. The molecule has 1 nitrogen and oxygen atoms in total. The molecule has 1 fully saturated rings. The highest BCUT2D eigenvalue weighted by atomic mass is 15.0. The minimum Gasteiger partial charge on any atom is -0.307 e. The zero-order chi connectivity index (χ0) is 14.4. The SMILES string of the molecule is CCC1CCCC(NC(CC(C)C)c2ccccc2)C1. The van der Waals surface area contributed by atoms with Crippen LogP contribution in [0.4, 0.5) is 0 Å². The van der Waals surface area contributed by atoms with E-state index in [0.717, 1.165) is 17.9 Å². The minimum absolute atomic E-state index is 0.525. The summed E-state index contributed by atoms with van der Waals surface area (Å²) < 4.78 is 0. The average molecular weight is 273 g/mol. The lowest BCUT2D eigenvalue weighted by Gasteiger charge is -2.33. The molecule has 112 valence electrons. The maximum atomic E-state index is 3.97. The number of hydrogen-bond donors (Lipinski definition) is 1. The van der Waals surface area contributed by atoms with Crippen LogP contribution in [-0.2, 0) is 0 Å². The Morgan fingerprint density at radius 3 is 2.55 bits per heavy atom. The topological polar surface area (TPSA) is 12.0 Å². The lowest BCUT2D eigenvalue weighted by molar-refractivity contribution is 0.252. The van der Waals surface area contributed by atoms with Gasteiger partial charge < -0.3 is 5.32 Å². The van der Waals surface area contributed by atoms with Gasteiger partial charge in [0.2, 0.25) is 0 Å². The summed E-state index contributed by atoms with van der Waals surface area (Å²) in [6, 6.07) is 12.2. The summed E-state index contributed by atoms with van der Waals surface area (Å²) in [4.78, 5) is 0. The van der Waals surface area contributed by atoms with Crippen molar-refractivity contribution in [2.24, 2.45) is 11.8 Å². The molecular weight excluding hydrogens is 242 g/mol. The van der Waals surface area contributed by atoms with Gasteiger partial charge in [0.1, 0.15) is 0 Å². The third kappa shape index (κ3) is 4.63. The molecule has 1 aliphatic carbocycles. The predicted octanol–water partition coefficient (Wildman–Crippen LogP) is 5.33. The Morgan fingerprint density at radius 2 is 1.90 bits per heavy atom. The van der Waals surface area contributed by atoms with Gasteiger partial charge in [-0.25, -0.2) is 0 Å². The fourth-order valence-corrected chi connectivity index (χ4v) is 3.55. The normalized spacial score (nSPS) is 24.8. The molecule has 1 heteroatoms. The van der Waals surface area contributed by atoms with E-state index in [4.69, 9.17) is 0 Å². The molecule has 0 spiro atoms. The molecule has 1 saturated carbocycles. The maximum absolute atomic E-state index is 3.97. The first-order chi connectivity index (χ1) is 9.69. The van der Waals surface area contributed by atoms with E-state index >= 15 is 0 Å². The van der Waals surface area contributed by atoms with Crippen molar-refractivity contribution in [1.29, 1.82) is 0 Å². The summed E-state index contributed by atoms with van der Waals surface area (Å²) in [5.41, 5.74) is 1.46. The molecule has 0 aliphatic heterocycles. The van der Waals surface area contributed by atoms with Crippen LogP contribution < -0.4 is 5.32 Å².